The van der Waals surface area contributed by atoms with Gasteiger partial charge in [0, 0.05) is 38.3 Å². The number of amides is 1. The van der Waals surface area contributed by atoms with E-state index in [0.29, 0.717) is 30.3 Å². The molecule has 2 aromatic rings. The van der Waals surface area contributed by atoms with Crippen LogP contribution in [-0.4, -0.2) is 75.4 Å². The minimum atomic E-state index is -4.02. The van der Waals surface area contributed by atoms with Gasteiger partial charge in [0.2, 0.25) is 15.9 Å². The van der Waals surface area contributed by atoms with Crippen molar-refractivity contribution in [3.8, 4) is 11.5 Å². The first-order chi connectivity index (χ1) is 15.3. The molecule has 32 heavy (non-hydrogen) atoms. The number of nitro groups is 1. The van der Waals surface area contributed by atoms with Crippen molar-refractivity contribution in [1.82, 2.24) is 9.21 Å². The fraction of sp³-hybridized carbons (Fsp3) is 0.350. The first-order valence-corrected chi connectivity index (χ1v) is 11.2. The Labute approximate surface area is 185 Å². The number of carbonyl (C=O) groups is 1. The van der Waals surface area contributed by atoms with Crippen LogP contribution in [0.2, 0.25) is 0 Å². The molecular weight excluding hydrogens is 440 g/mol. The number of carbonyl (C=O) groups excluding carboxylic acids is 1. The molecule has 0 bridgehead atoms. The first-order valence-electron chi connectivity index (χ1n) is 9.74. The number of hydrogen-bond donors (Lipinski definition) is 1. The smallest absolute Gasteiger partial charge is 0.289 e. The number of nitrogens with zero attached hydrogens (tertiary/aromatic N) is 3. The van der Waals surface area contributed by atoms with Crippen LogP contribution < -0.4 is 14.8 Å². The maximum absolute atomic E-state index is 12.9. The number of nitrogens with one attached hydrogen (secondary N) is 1. The third-order valence-electron chi connectivity index (χ3n) is 5.06. The van der Waals surface area contributed by atoms with Crippen molar-refractivity contribution >= 4 is 27.3 Å². The lowest BCUT2D eigenvalue weighted by atomic mass is 10.2. The summed E-state index contributed by atoms with van der Waals surface area (Å²) < 4.78 is 37.4. The maximum Gasteiger partial charge on any atom is 0.289 e. The molecule has 3 rings (SSSR count). The highest BCUT2D eigenvalue weighted by atomic mass is 32.2. The number of hydrogen-bond acceptors (Lipinski definition) is 8. The van der Waals surface area contributed by atoms with Crippen LogP contribution in [0.3, 0.4) is 0 Å². The molecule has 0 radical (unpaired) electrons. The van der Waals surface area contributed by atoms with Gasteiger partial charge in [0.25, 0.3) is 5.69 Å². The lowest BCUT2D eigenvalue weighted by Gasteiger charge is -2.33. The predicted molar refractivity (Wildman–Crippen MR) is 116 cm³/mol. The molecule has 1 aliphatic rings. The van der Waals surface area contributed by atoms with Crippen molar-refractivity contribution in [2.24, 2.45) is 0 Å². The number of benzene rings is 2. The zero-order chi connectivity index (χ0) is 23.3. The van der Waals surface area contributed by atoms with Crippen LogP contribution in [0.1, 0.15) is 0 Å². The summed E-state index contributed by atoms with van der Waals surface area (Å²) in [6, 6.07) is 10.3. The van der Waals surface area contributed by atoms with Gasteiger partial charge in [0.15, 0.2) is 4.90 Å². The normalized spacial score (nSPS) is 15.2. The van der Waals surface area contributed by atoms with E-state index in [9.17, 15) is 23.3 Å². The summed E-state index contributed by atoms with van der Waals surface area (Å²) in [6.45, 7) is 0.902. The van der Waals surface area contributed by atoms with Crippen LogP contribution in [0.4, 0.5) is 11.4 Å². The van der Waals surface area contributed by atoms with E-state index in [1.54, 1.807) is 18.2 Å². The molecule has 0 atom stereocenters. The van der Waals surface area contributed by atoms with E-state index in [0.717, 1.165) is 0 Å². The summed E-state index contributed by atoms with van der Waals surface area (Å²) in [4.78, 5) is 24.5. The van der Waals surface area contributed by atoms with Gasteiger partial charge < -0.3 is 14.8 Å². The fourth-order valence-corrected chi connectivity index (χ4v) is 4.98. The Hall–Kier alpha value is -3.22. The largest absolute Gasteiger partial charge is 0.497 e. The minimum Gasteiger partial charge on any atom is -0.497 e. The predicted octanol–water partition coefficient (Wildman–Crippen LogP) is 1.56. The van der Waals surface area contributed by atoms with Crippen molar-refractivity contribution in [2.45, 2.75) is 4.90 Å². The standard InChI is InChI=1S/C20H24N4O7S/c1-30-15-7-8-18(31-2)16(13-15)21-20(25)14-22-9-11-23(12-10-22)32(28,29)19-6-4-3-5-17(19)24(26)27/h3-8,13H,9-12,14H2,1-2H3,(H,21,25). The van der Waals surface area contributed by atoms with Crippen LogP contribution in [0.15, 0.2) is 47.4 Å². The molecule has 0 aliphatic carbocycles. The molecule has 0 spiro atoms. The topological polar surface area (TPSA) is 131 Å². The van der Waals surface area contributed by atoms with Crippen LogP contribution in [0, 0.1) is 10.1 Å². The second-order valence-corrected chi connectivity index (χ2v) is 8.93. The summed E-state index contributed by atoms with van der Waals surface area (Å²) in [7, 11) is -1.01. The van der Waals surface area contributed by atoms with Crippen molar-refractivity contribution in [1.29, 1.82) is 0 Å². The molecule has 1 amide bonds. The fourth-order valence-electron chi connectivity index (χ4n) is 3.40. The average molecular weight is 465 g/mol. The lowest BCUT2D eigenvalue weighted by molar-refractivity contribution is -0.387. The molecule has 0 unspecified atom stereocenters. The highest BCUT2D eigenvalue weighted by molar-refractivity contribution is 7.89. The summed E-state index contributed by atoms with van der Waals surface area (Å²) in [5.41, 5.74) is 0.0102. The number of sulfonamides is 1. The molecule has 12 heteroatoms. The number of piperazine rings is 1. The number of rotatable bonds is 8. The molecular formula is C20H24N4O7S. The Balaban J connectivity index is 1.62. The quantitative estimate of drug-likeness (QED) is 0.460. The van der Waals surface area contributed by atoms with E-state index in [2.05, 4.69) is 5.32 Å². The molecule has 1 saturated heterocycles. The van der Waals surface area contributed by atoms with Gasteiger partial charge in [-0.2, -0.15) is 4.31 Å². The summed E-state index contributed by atoms with van der Waals surface area (Å²) in [6.07, 6.45) is 0. The van der Waals surface area contributed by atoms with E-state index in [4.69, 9.17) is 9.47 Å². The Morgan fingerprint density at radius 2 is 1.78 bits per heavy atom. The molecule has 2 aromatic carbocycles. The average Bonchev–Trinajstić information content (AvgIpc) is 2.79. The third-order valence-corrected chi connectivity index (χ3v) is 7.01. The molecule has 1 N–H and O–H groups in total. The first kappa shape index (κ1) is 23.4. The number of nitro benzene ring substituents is 1. The molecule has 0 saturated carbocycles. The summed E-state index contributed by atoms with van der Waals surface area (Å²) >= 11 is 0. The van der Waals surface area contributed by atoms with E-state index in [-0.39, 0.29) is 30.4 Å². The SMILES string of the molecule is COc1ccc(OC)c(NC(=O)CN2CCN(S(=O)(=O)c3ccccc3[N+](=O)[O-])CC2)c1. The molecule has 1 fully saturated rings. The van der Waals surface area contributed by atoms with Gasteiger partial charge in [0.1, 0.15) is 11.5 Å². The molecule has 11 nitrogen and oxygen atoms in total. The molecule has 0 aromatic heterocycles. The van der Waals surface area contributed by atoms with Crippen LogP contribution in [0.25, 0.3) is 0 Å². The zero-order valence-corrected chi connectivity index (χ0v) is 18.5. The molecule has 172 valence electrons. The Morgan fingerprint density at radius 1 is 1.09 bits per heavy atom. The Kier molecular flexibility index (Phi) is 7.28. The van der Waals surface area contributed by atoms with Crippen LogP contribution in [-0.2, 0) is 14.8 Å². The number of ether oxygens (including phenoxy) is 2. The van der Waals surface area contributed by atoms with Crippen LogP contribution in [0.5, 0.6) is 11.5 Å². The van der Waals surface area contributed by atoms with E-state index >= 15 is 0 Å². The highest BCUT2D eigenvalue weighted by Gasteiger charge is 2.33. The van der Waals surface area contributed by atoms with Crippen molar-refractivity contribution < 1.29 is 27.6 Å². The second kappa shape index (κ2) is 9.94. The van der Waals surface area contributed by atoms with Gasteiger partial charge in [-0.3, -0.25) is 19.8 Å². The van der Waals surface area contributed by atoms with Gasteiger partial charge >= 0.3 is 0 Å². The van der Waals surface area contributed by atoms with Crippen LogP contribution >= 0.6 is 0 Å². The third kappa shape index (κ3) is 5.15. The van der Waals surface area contributed by atoms with Crippen molar-refractivity contribution in [2.75, 3.05) is 52.3 Å². The van der Waals surface area contributed by atoms with Gasteiger partial charge in [-0.25, -0.2) is 8.42 Å². The van der Waals surface area contributed by atoms with E-state index < -0.39 is 20.6 Å². The lowest BCUT2D eigenvalue weighted by Crippen LogP contribution is -2.50. The molecule has 1 heterocycles. The highest BCUT2D eigenvalue weighted by Crippen LogP contribution is 2.29. The van der Waals surface area contributed by atoms with E-state index in [1.165, 1.54) is 42.8 Å². The number of para-hydroxylation sites is 1. The number of anilines is 1. The van der Waals surface area contributed by atoms with Gasteiger partial charge in [-0.1, -0.05) is 12.1 Å². The molecule has 1 aliphatic heterocycles. The van der Waals surface area contributed by atoms with E-state index in [1.807, 2.05) is 4.90 Å². The van der Waals surface area contributed by atoms with Gasteiger partial charge in [-0.15, -0.1) is 0 Å². The Morgan fingerprint density at radius 3 is 2.41 bits per heavy atom. The van der Waals surface area contributed by atoms with Crippen molar-refractivity contribution in [3.05, 3.63) is 52.6 Å². The van der Waals surface area contributed by atoms with Gasteiger partial charge in [-0.05, 0) is 18.2 Å². The van der Waals surface area contributed by atoms with Crippen molar-refractivity contribution in [3.63, 3.8) is 0 Å². The minimum absolute atomic E-state index is 0.0553. The Bertz CT molecular complexity index is 1100. The van der Waals surface area contributed by atoms with Gasteiger partial charge in [0.05, 0.1) is 31.4 Å². The maximum atomic E-state index is 12.9. The number of methoxy groups -OCH3 is 2. The summed E-state index contributed by atoms with van der Waals surface area (Å²) in [5.74, 6) is 0.765. The second-order valence-electron chi connectivity index (χ2n) is 7.02. The summed E-state index contributed by atoms with van der Waals surface area (Å²) in [5, 5.41) is 14.0. The monoisotopic (exact) mass is 464 g/mol. The zero-order valence-electron chi connectivity index (χ0n) is 17.7.